The van der Waals surface area contributed by atoms with E-state index in [4.69, 9.17) is 28.8 Å². The number of aliphatic carboxylic acids is 1. The number of carboxylic acids is 1. The molecule has 5 rings (SSSR count). The zero-order valence-electron chi connectivity index (χ0n) is 53.8. The Hall–Kier alpha value is -6.78. The van der Waals surface area contributed by atoms with E-state index in [0.29, 0.717) is 76.0 Å². The zero-order chi connectivity index (χ0) is 66.1. The van der Waals surface area contributed by atoms with Crippen LogP contribution in [0.3, 0.4) is 0 Å². The molecule has 26 nitrogen and oxygen atoms in total. The molecule has 0 bridgehead atoms. The first-order chi connectivity index (χ1) is 42.9. The minimum absolute atomic E-state index is 0.0141. The Morgan fingerprint density at radius 3 is 1.99 bits per heavy atom. The number of hydrogen-bond acceptors (Lipinski definition) is 17. The lowest BCUT2D eigenvalue weighted by molar-refractivity contribution is -0.146. The molecule has 3 fully saturated rings. The Balaban J connectivity index is 1.02. The molecule has 1 saturated carbocycles. The van der Waals surface area contributed by atoms with Crippen molar-refractivity contribution >= 4 is 69.1 Å². The normalized spacial score (nSPS) is 17.7. The number of rotatable bonds is 38. The van der Waals surface area contributed by atoms with Crippen molar-refractivity contribution in [3.63, 3.8) is 0 Å². The molecule has 2 aromatic rings. The van der Waals surface area contributed by atoms with Crippen LogP contribution in [0, 0.1) is 23.7 Å². The number of carboxylic acid groups (broad SMARTS) is 1. The Bertz CT molecular complexity index is 2790. The number of hydrogen-bond donors (Lipinski definition) is 6. The van der Waals surface area contributed by atoms with Gasteiger partial charge in [-0.15, -0.1) is 0 Å². The van der Waals surface area contributed by atoms with Gasteiger partial charge in [-0.2, -0.15) is 0 Å². The van der Waals surface area contributed by atoms with Crippen LogP contribution in [0.4, 0.5) is 10.5 Å². The van der Waals surface area contributed by atoms with Crippen molar-refractivity contribution in [3.05, 3.63) is 65.7 Å². The van der Waals surface area contributed by atoms with Crippen LogP contribution in [0.2, 0.25) is 0 Å². The summed E-state index contributed by atoms with van der Waals surface area (Å²) in [5, 5.41) is 19.5. The third-order valence-electron chi connectivity index (χ3n) is 17.0. The fraction of sp³-hybridized carbons (Fsp3) is 0.667. The van der Waals surface area contributed by atoms with Gasteiger partial charge in [0, 0.05) is 78.6 Å². The van der Waals surface area contributed by atoms with Gasteiger partial charge < -0.3 is 59.9 Å². The number of methoxy groups -OCH3 is 2. The second-order valence-corrected chi connectivity index (χ2v) is 25.9. The van der Waals surface area contributed by atoms with Gasteiger partial charge in [0.1, 0.15) is 18.7 Å². The van der Waals surface area contributed by atoms with Crippen molar-refractivity contribution in [1.82, 2.24) is 40.3 Å². The van der Waals surface area contributed by atoms with Crippen molar-refractivity contribution in [3.8, 4) is 0 Å². The summed E-state index contributed by atoms with van der Waals surface area (Å²) in [6.07, 6.45) is 2.00. The Labute approximate surface area is 529 Å². The van der Waals surface area contributed by atoms with Crippen molar-refractivity contribution in [2.45, 2.75) is 153 Å². The molecule has 6 N–H and O–H groups in total. The molecule has 2 heterocycles. The van der Waals surface area contributed by atoms with Crippen molar-refractivity contribution in [1.29, 1.82) is 0 Å². The van der Waals surface area contributed by atoms with Crippen LogP contribution in [0.25, 0.3) is 0 Å². The van der Waals surface area contributed by atoms with Crippen molar-refractivity contribution in [2.24, 2.45) is 23.7 Å². The molecule has 1 aliphatic carbocycles. The second-order valence-electron chi connectivity index (χ2n) is 24.0. The molecule has 2 aromatic carbocycles. The number of sulfonamides is 1. The monoisotopic (exact) mass is 1280 g/mol. The molecular formula is C63H97N9O17S. The average molecular weight is 1280 g/mol. The summed E-state index contributed by atoms with van der Waals surface area (Å²) in [6, 6.07) is 12.7. The minimum atomic E-state index is -3.89. The van der Waals surface area contributed by atoms with E-state index in [-0.39, 0.29) is 107 Å². The molecule has 0 aromatic heterocycles. The number of piperidine rings is 1. The van der Waals surface area contributed by atoms with Gasteiger partial charge in [0.15, 0.2) is 0 Å². The van der Waals surface area contributed by atoms with Gasteiger partial charge >= 0.3 is 12.1 Å². The van der Waals surface area contributed by atoms with E-state index < -0.39 is 93.1 Å². The minimum Gasteiger partial charge on any atom is -0.481 e. The van der Waals surface area contributed by atoms with E-state index in [1.54, 1.807) is 72.4 Å². The lowest BCUT2D eigenvalue weighted by Crippen LogP contribution is -2.55. The number of benzene rings is 2. The summed E-state index contributed by atoms with van der Waals surface area (Å²) >= 11 is 0. The number of anilines is 1. The predicted molar refractivity (Wildman–Crippen MR) is 334 cm³/mol. The third kappa shape index (κ3) is 23.2. The highest BCUT2D eigenvalue weighted by atomic mass is 32.2. The highest BCUT2D eigenvalue weighted by Gasteiger charge is 2.43. The number of likely N-dealkylation sites (N-methyl/N-ethyl adjacent to an activating group) is 2. The third-order valence-corrected chi connectivity index (χ3v) is 18.8. The van der Waals surface area contributed by atoms with Gasteiger partial charge in [-0.05, 0) is 80.7 Å². The lowest BCUT2D eigenvalue weighted by Gasteiger charge is -2.39. The Morgan fingerprint density at radius 1 is 0.733 bits per heavy atom. The number of ether oxygens (including phenoxy) is 5. The fourth-order valence-corrected chi connectivity index (χ4v) is 12.9. The van der Waals surface area contributed by atoms with Crippen LogP contribution in [0.5, 0.6) is 0 Å². The molecule has 502 valence electrons. The van der Waals surface area contributed by atoms with Gasteiger partial charge in [0.2, 0.25) is 45.5 Å². The largest absolute Gasteiger partial charge is 0.481 e. The SMILES string of the molecule is CCC(C)C(C(CC(=O)N1CCCC1C(OC)C(C)C(=O)NC(Cc1ccccc1)C(=O)NS(=O)(=O)C1CC1)OC)N(C)CCNC(=O)C(C(C)C)N(C)C(=O)OCc1ccc(NC(=O)CNC(=O)CCOCCOCCC(=O)N2CCC(C(=O)O)CC2)cc1. The topological polar surface area (TPSA) is 327 Å². The molecule has 8 atom stereocenters. The fourth-order valence-electron chi connectivity index (χ4n) is 11.5. The Morgan fingerprint density at radius 2 is 1.39 bits per heavy atom. The summed E-state index contributed by atoms with van der Waals surface area (Å²) < 4.78 is 56.3. The van der Waals surface area contributed by atoms with Crippen LogP contribution in [0.15, 0.2) is 54.6 Å². The van der Waals surface area contributed by atoms with Crippen LogP contribution in [0.1, 0.15) is 110 Å². The first-order valence-electron chi connectivity index (χ1n) is 31.3. The molecular weight excluding hydrogens is 1190 g/mol. The maximum Gasteiger partial charge on any atom is 0.410 e. The predicted octanol–water partition coefficient (Wildman–Crippen LogP) is 3.32. The lowest BCUT2D eigenvalue weighted by atomic mass is 9.90. The van der Waals surface area contributed by atoms with Gasteiger partial charge in [-0.3, -0.25) is 52.9 Å². The first kappa shape index (κ1) is 74.0. The summed E-state index contributed by atoms with van der Waals surface area (Å²) in [5.74, 6) is -5.20. The van der Waals surface area contributed by atoms with E-state index >= 15 is 0 Å². The van der Waals surface area contributed by atoms with Crippen LogP contribution >= 0.6 is 0 Å². The maximum absolute atomic E-state index is 14.4. The summed E-state index contributed by atoms with van der Waals surface area (Å²) in [6.45, 7) is 11.6. The molecule has 0 radical (unpaired) electrons. The van der Waals surface area contributed by atoms with Gasteiger partial charge in [0.25, 0.3) is 5.91 Å². The van der Waals surface area contributed by atoms with Crippen LogP contribution < -0.4 is 26.0 Å². The van der Waals surface area contributed by atoms with E-state index in [1.807, 2.05) is 27.0 Å². The van der Waals surface area contributed by atoms with Crippen molar-refractivity contribution in [2.75, 3.05) is 99.3 Å². The van der Waals surface area contributed by atoms with Gasteiger partial charge in [0.05, 0.1) is 81.1 Å². The number of carbonyl (C=O) groups excluding carboxylic acids is 8. The maximum atomic E-state index is 14.4. The van der Waals surface area contributed by atoms with E-state index in [2.05, 4.69) is 44.7 Å². The quantitative estimate of drug-likeness (QED) is 0.0525. The number of likely N-dealkylation sites (tertiary alicyclic amines) is 2. The summed E-state index contributed by atoms with van der Waals surface area (Å²) in [4.78, 5) is 124. The molecule has 8 unspecified atom stereocenters. The van der Waals surface area contributed by atoms with Crippen LogP contribution in [-0.4, -0.2) is 222 Å². The molecule has 3 aliphatic rings. The Kier molecular flexibility index (Phi) is 30.3. The van der Waals surface area contributed by atoms with Crippen LogP contribution in [-0.2, 0) is 85.1 Å². The first-order valence-corrected chi connectivity index (χ1v) is 32.9. The van der Waals surface area contributed by atoms with E-state index in [9.17, 15) is 51.6 Å². The average Bonchev–Trinajstić information content (AvgIpc) is 2.06. The molecule has 0 spiro atoms. The number of carbonyl (C=O) groups is 9. The number of nitrogens with zero attached hydrogens (tertiary/aromatic N) is 4. The van der Waals surface area contributed by atoms with Gasteiger partial charge in [-0.25, -0.2) is 13.2 Å². The van der Waals surface area contributed by atoms with Gasteiger partial charge in [-0.1, -0.05) is 83.5 Å². The highest BCUT2D eigenvalue weighted by Crippen LogP contribution is 2.31. The molecule has 2 aliphatic heterocycles. The van der Waals surface area contributed by atoms with E-state index in [1.165, 1.54) is 19.1 Å². The number of nitrogens with one attached hydrogen (secondary N) is 5. The molecule has 90 heavy (non-hydrogen) atoms. The second kappa shape index (κ2) is 36.9. The zero-order valence-corrected chi connectivity index (χ0v) is 54.6. The number of amides is 8. The highest BCUT2D eigenvalue weighted by molar-refractivity contribution is 7.90. The molecule has 2 saturated heterocycles. The summed E-state index contributed by atoms with van der Waals surface area (Å²) in [7, 11) is 2.56. The molecule has 27 heteroatoms. The smallest absolute Gasteiger partial charge is 0.410 e. The standard InChI is InChI=1S/C63H97N9O17S/c1-10-42(4)57(51(85-8)38-55(76)72-29-14-17-50(72)58(86-9)43(5)59(77)67-49(37-44-15-12-11-13-16-44)60(78)68-90(83,84)48-22-23-48)69(6)32-28-64-61(79)56(41(2)3)70(7)63(82)89-40-45-18-20-47(21-19-45)66-53(74)39-65-52(73)26-33-87-35-36-88-34-27-54(75)71-30-24-46(25-31-71)62(80)81/h11-13,15-16,18-21,41-43,46,48-51,56-58H,10,14,17,22-40H2,1-9H3,(H,64,79)(H,65,73)(H,66,74)(H,67,77)(H,68,78)(H,80,81). The van der Waals surface area contributed by atoms with Crippen molar-refractivity contribution < 1.29 is 80.4 Å². The summed E-state index contributed by atoms with van der Waals surface area (Å²) in [5.41, 5.74) is 1.79. The molecule has 8 amide bonds. The van der Waals surface area contributed by atoms with E-state index in [0.717, 1.165) is 12.0 Å².